The molecule has 0 aliphatic heterocycles. The van der Waals surface area contributed by atoms with E-state index in [1.54, 1.807) is 35.7 Å². The minimum absolute atomic E-state index is 0. The van der Waals surface area contributed by atoms with Crippen molar-refractivity contribution in [3.8, 4) is 11.3 Å². The van der Waals surface area contributed by atoms with Crippen molar-refractivity contribution in [3.63, 3.8) is 0 Å². The molecule has 0 saturated carbocycles. The number of nitro groups is 1. The van der Waals surface area contributed by atoms with Crippen LogP contribution in [0, 0.1) is 10.1 Å². The lowest BCUT2D eigenvalue weighted by Gasteiger charge is -2.13. The Bertz CT molecular complexity index is 1050. The second kappa shape index (κ2) is 9.93. The third-order valence-electron chi connectivity index (χ3n) is 3.93. The van der Waals surface area contributed by atoms with Gasteiger partial charge in [0.05, 0.1) is 20.7 Å². The highest BCUT2D eigenvalue weighted by molar-refractivity contribution is 7.59. The number of benzene rings is 2. The molecule has 0 fully saturated rings. The van der Waals surface area contributed by atoms with E-state index in [0.29, 0.717) is 26.4 Å². The van der Waals surface area contributed by atoms with Crippen molar-refractivity contribution >= 4 is 64.8 Å². The molecule has 3 rings (SSSR count). The van der Waals surface area contributed by atoms with Crippen LogP contribution in [-0.2, 0) is 11.2 Å². The fourth-order valence-electron chi connectivity index (χ4n) is 2.56. The molecule has 2 N–H and O–H groups in total. The van der Waals surface area contributed by atoms with Crippen LogP contribution >= 0.6 is 48.0 Å². The normalized spacial score (nSPS) is 11.4. The minimum Gasteiger partial charge on any atom is -0.480 e. The van der Waals surface area contributed by atoms with E-state index in [9.17, 15) is 20.0 Å². The Labute approximate surface area is 186 Å². The average Bonchev–Trinajstić information content (AvgIpc) is 3.12. The van der Waals surface area contributed by atoms with Gasteiger partial charge in [0.1, 0.15) is 6.04 Å². The number of aromatic nitrogens is 1. The fraction of sp³-hybridized carbons (Fsp3) is 0.111. The lowest BCUT2D eigenvalue weighted by molar-refractivity contribution is -0.385. The second-order valence-corrected chi connectivity index (χ2v) is 7.46. The van der Waals surface area contributed by atoms with Gasteiger partial charge in [-0.1, -0.05) is 47.5 Å². The van der Waals surface area contributed by atoms with Gasteiger partial charge in [-0.25, -0.2) is 9.78 Å². The molecule has 0 unspecified atom stereocenters. The van der Waals surface area contributed by atoms with E-state index in [1.807, 2.05) is 0 Å². The van der Waals surface area contributed by atoms with Gasteiger partial charge in [-0.3, -0.25) is 10.1 Å². The van der Waals surface area contributed by atoms with E-state index in [1.165, 1.54) is 23.5 Å². The summed E-state index contributed by atoms with van der Waals surface area (Å²) in [5, 5.41) is 26.5. The van der Waals surface area contributed by atoms with Gasteiger partial charge < -0.3 is 10.4 Å². The van der Waals surface area contributed by atoms with Crippen LogP contribution in [0.3, 0.4) is 0 Å². The standard InChI is InChI=1S/C18H13Cl2N3O4S.H2S/c19-12-6-5-10(7-13(12)20)15-9-28-18(22-15)21-14(17(24)25)8-11-3-1-2-4-16(11)23(26)27;/h1-7,9,14H,8H2,(H,21,22)(H,24,25);1H2/t14-;/m0./s1. The molecule has 0 aliphatic carbocycles. The van der Waals surface area contributed by atoms with Crippen LogP contribution in [0.25, 0.3) is 11.3 Å². The number of carboxylic acid groups (broad SMARTS) is 1. The summed E-state index contributed by atoms with van der Waals surface area (Å²) in [7, 11) is 0. The van der Waals surface area contributed by atoms with Crippen LogP contribution in [0.5, 0.6) is 0 Å². The summed E-state index contributed by atoms with van der Waals surface area (Å²) in [6, 6.07) is 10.1. The topological polar surface area (TPSA) is 105 Å². The molecular formula is C18H15Cl2N3O4S2. The third-order valence-corrected chi connectivity index (χ3v) is 5.44. The zero-order valence-electron chi connectivity index (χ0n) is 14.6. The third kappa shape index (κ3) is 5.60. The molecule has 3 aromatic rings. The van der Waals surface area contributed by atoms with Crippen molar-refractivity contribution in [2.45, 2.75) is 12.5 Å². The first-order valence-electron chi connectivity index (χ1n) is 7.97. The number of hydrogen-bond donors (Lipinski definition) is 2. The van der Waals surface area contributed by atoms with Gasteiger partial charge in [-0.2, -0.15) is 13.5 Å². The zero-order chi connectivity index (χ0) is 20.3. The van der Waals surface area contributed by atoms with E-state index in [4.69, 9.17) is 23.2 Å². The highest BCUT2D eigenvalue weighted by atomic mass is 35.5. The molecular weight excluding hydrogens is 457 g/mol. The first-order valence-corrected chi connectivity index (χ1v) is 9.61. The Morgan fingerprint density at radius 3 is 2.62 bits per heavy atom. The number of thiazole rings is 1. The van der Waals surface area contributed by atoms with Crippen molar-refractivity contribution in [2.75, 3.05) is 5.32 Å². The molecule has 7 nitrogen and oxygen atoms in total. The Balaban J connectivity index is 0.00000300. The van der Waals surface area contributed by atoms with Crippen molar-refractivity contribution in [1.29, 1.82) is 0 Å². The lowest BCUT2D eigenvalue weighted by atomic mass is 10.0. The highest BCUT2D eigenvalue weighted by Crippen LogP contribution is 2.31. The van der Waals surface area contributed by atoms with Crippen LogP contribution in [-0.4, -0.2) is 27.0 Å². The number of anilines is 1. The van der Waals surface area contributed by atoms with Crippen LogP contribution in [0.4, 0.5) is 10.8 Å². The number of rotatable bonds is 7. The van der Waals surface area contributed by atoms with Gasteiger partial charge in [0.15, 0.2) is 5.13 Å². The molecule has 29 heavy (non-hydrogen) atoms. The maximum Gasteiger partial charge on any atom is 0.326 e. The first kappa shape index (κ1) is 23.0. The molecule has 0 aliphatic rings. The maximum absolute atomic E-state index is 11.7. The Morgan fingerprint density at radius 1 is 1.24 bits per heavy atom. The maximum atomic E-state index is 11.7. The molecule has 1 heterocycles. The second-order valence-electron chi connectivity index (χ2n) is 5.79. The SMILES string of the molecule is O=C(O)[C@H](Cc1ccccc1[N+](=O)[O-])Nc1nc(-c2ccc(Cl)c(Cl)c2)cs1.S. The van der Waals surface area contributed by atoms with Gasteiger partial charge in [0, 0.05) is 29.0 Å². The molecule has 0 radical (unpaired) electrons. The van der Waals surface area contributed by atoms with Crippen molar-refractivity contribution in [2.24, 2.45) is 0 Å². The van der Waals surface area contributed by atoms with Gasteiger partial charge in [-0.05, 0) is 12.1 Å². The summed E-state index contributed by atoms with van der Waals surface area (Å²) >= 11 is 13.2. The average molecular weight is 472 g/mol. The monoisotopic (exact) mass is 471 g/mol. The number of aliphatic carboxylic acids is 1. The molecule has 11 heteroatoms. The molecule has 0 spiro atoms. The summed E-state index contributed by atoms with van der Waals surface area (Å²) in [5.74, 6) is -1.13. The number of nitrogens with zero attached hydrogens (tertiary/aromatic N) is 2. The summed E-state index contributed by atoms with van der Waals surface area (Å²) in [4.78, 5) is 26.7. The van der Waals surface area contributed by atoms with Gasteiger partial charge in [-0.15, -0.1) is 11.3 Å². The largest absolute Gasteiger partial charge is 0.480 e. The van der Waals surface area contributed by atoms with Crippen LogP contribution in [0.2, 0.25) is 10.0 Å². The van der Waals surface area contributed by atoms with E-state index >= 15 is 0 Å². The van der Waals surface area contributed by atoms with Gasteiger partial charge in [0.2, 0.25) is 0 Å². The summed E-state index contributed by atoms with van der Waals surface area (Å²) in [5.41, 5.74) is 1.56. The Hall–Kier alpha value is -2.33. The molecule has 1 atom stereocenters. The lowest BCUT2D eigenvalue weighted by Crippen LogP contribution is -2.31. The van der Waals surface area contributed by atoms with Gasteiger partial charge >= 0.3 is 5.97 Å². The number of carbonyl (C=O) groups is 1. The number of nitro benzene ring substituents is 1. The molecule has 0 amide bonds. The van der Waals surface area contributed by atoms with Crippen LogP contribution in [0.1, 0.15) is 5.56 Å². The van der Waals surface area contributed by atoms with E-state index < -0.39 is 16.9 Å². The Morgan fingerprint density at radius 2 is 1.97 bits per heavy atom. The number of hydrogen-bond acceptors (Lipinski definition) is 6. The molecule has 0 saturated heterocycles. The summed E-state index contributed by atoms with van der Waals surface area (Å²) in [6.07, 6.45) is -0.0613. The zero-order valence-corrected chi connectivity index (χ0v) is 18.0. The van der Waals surface area contributed by atoms with Gasteiger partial charge in [0.25, 0.3) is 5.69 Å². The number of nitrogens with one attached hydrogen (secondary N) is 1. The van der Waals surface area contributed by atoms with E-state index in [0.717, 1.165) is 5.56 Å². The van der Waals surface area contributed by atoms with Crippen molar-refractivity contribution in [1.82, 2.24) is 4.98 Å². The molecule has 1 aromatic heterocycles. The highest BCUT2D eigenvalue weighted by Gasteiger charge is 2.23. The molecule has 0 bridgehead atoms. The van der Waals surface area contributed by atoms with Crippen molar-refractivity contribution in [3.05, 3.63) is 73.6 Å². The Kier molecular flexibility index (Phi) is 7.86. The predicted molar refractivity (Wildman–Crippen MR) is 120 cm³/mol. The smallest absolute Gasteiger partial charge is 0.326 e. The first-order chi connectivity index (χ1) is 13.3. The predicted octanol–water partition coefficient (Wildman–Crippen LogP) is 5.25. The fourth-order valence-corrected chi connectivity index (χ4v) is 3.63. The van der Waals surface area contributed by atoms with E-state index in [-0.39, 0.29) is 25.6 Å². The summed E-state index contributed by atoms with van der Waals surface area (Å²) < 4.78 is 0. The number of halogens is 2. The minimum atomic E-state index is -1.13. The number of para-hydroxylation sites is 1. The molecule has 2 aromatic carbocycles. The van der Waals surface area contributed by atoms with Crippen molar-refractivity contribution < 1.29 is 14.8 Å². The van der Waals surface area contributed by atoms with Crippen LogP contribution < -0.4 is 5.32 Å². The van der Waals surface area contributed by atoms with E-state index in [2.05, 4.69) is 10.3 Å². The van der Waals surface area contributed by atoms with Crippen LogP contribution in [0.15, 0.2) is 47.8 Å². The summed E-state index contributed by atoms with van der Waals surface area (Å²) in [6.45, 7) is 0. The number of carboxylic acids is 1. The quantitative estimate of drug-likeness (QED) is 0.360. The molecule has 152 valence electrons.